The molecule has 0 heterocycles. The molecule has 0 aliphatic heterocycles. The van der Waals surface area contributed by atoms with Gasteiger partial charge in [0.2, 0.25) is 5.91 Å². The van der Waals surface area contributed by atoms with Gasteiger partial charge >= 0.3 is 0 Å². The maximum Gasteiger partial charge on any atom is 0.224 e. The van der Waals surface area contributed by atoms with Gasteiger partial charge in [-0.15, -0.1) is 0 Å². The lowest BCUT2D eigenvalue weighted by atomic mass is 10.3. The zero-order chi connectivity index (χ0) is 12.9. The molecule has 0 aromatic heterocycles. The Labute approximate surface area is 103 Å². The summed E-state index contributed by atoms with van der Waals surface area (Å²) < 4.78 is 10.5. The largest absolute Gasteiger partial charge is 0.379 e. The van der Waals surface area contributed by atoms with Gasteiger partial charge in [-0.05, 0) is 6.42 Å². The van der Waals surface area contributed by atoms with Crippen LogP contribution < -0.4 is 0 Å². The summed E-state index contributed by atoms with van der Waals surface area (Å²) >= 11 is 0. The molecule has 17 heavy (non-hydrogen) atoms. The summed E-state index contributed by atoms with van der Waals surface area (Å²) in [5, 5.41) is 8.39. The van der Waals surface area contributed by atoms with E-state index in [0.717, 1.165) is 13.0 Å². The van der Waals surface area contributed by atoms with Gasteiger partial charge in [-0.1, -0.05) is 6.92 Å². The number of nitriles is 1. The molecule has 0 aliphatic carbocycles. The van der Waals surface area contributed by atoms with Crippen LogP contribution in [0.5, 0.6) is 0 Å². The molecule has 1 amide bonds. The molecule has 0 aromatic carbocycles. The molecule has 0 radical (unpaired) electrons. The summed E-state index contributed by atoms with van der Waals surface area (Å²) in [5.74, 6) is 0.00901. The summed E-state index contributed by atoms with van der Waals surface area (Å²) in [4.78, 5) is 13.0. The second-order valence-electron chi connectivity index (χ2n) is 3.70. The minimum Gasteiger partial charge on any atom is -0.379 e. The Morgan fingerprint density at radius 1 is 1.24 bits per heavy atom. The Bertz CT molecular complexity index is 238. The molecule has 0 rings (SSSR count). The monoisotopic (exact) mass is 242 g/mol. The summed E-state index contributed by atoms with van der Waals surface area (Å²) in [6.07, 6.45) is 1.73. The average molecular weight is 242 g/mol. The van der Waals surface area contributed by atoms with Crippen LogP contribution in [-0.4, -0.2) is 50.8 Å². The molecule has 0 N–H and O–H groups in total. The highest BCUT2D eigenvalue weighted by atomic mass is 16.5. The van der Waals surface area contributed by atoms with Crippen LogP contribution in [0.3, 0.4) is 0 Å². The van der Waals surface area contributed by atoms with Crippen LogP contribution in [0.2, 0.25) is 0 Å². The number of nitrogens with zero attached hydrogens (tertiary/aromatic N) is 2. The van der Waals surface area contributed by atoms with Crippen molar-refractivity contribution in [1.82, 2.24) is 4.90 Å². The molecule has 5 heteroatoms. The van der Waals surface area contributed by atoms with E-state index in [0.29, 0.717) is 39.2 Å². The molecule has 98 valence electrons. The lowest BCUT2D eigenvalue weighted by Crippen LogP contribution is -2.28. The van der Waals surface area contributed by atoms with E-state index in [4.69, 9.17) is 14.7 Å². The minimum atomic E-state index is 0.00901. The Morgan fingerprint density at radius 3 is 2.47 bits per heavy atom. The van der Waals surface area contributed by atoms with Crippen molar-refractivity contribution in [2.45, 2.75) is 26.2 Å². The number of hydrogen-bond acceptors (Lipinski definition) is 4. The molecule has 0 bridgehead atoms. The summed E-state index contributed by atoms with van der Waals surface area (Å²) in [7, 11) is 1.70. The lowest BCUT2D eigenvalue weighted by molar-refractivity contribution is -0.131. The number of amides is 1. The van der Waals surface area contributed by atoms with Gasteiger partial charge in [-0.25, -0.2) is 0 Å². The Balaban J connectivity index is 3.35. The fourth-order valence-corrected chi connectivity index (χ4v) is 1.16. The standard InChI is InChI=1S/C12H22N2O3/c1-3-8-16-10-11-17-9-5-12(15)14(2)7-4-6-13/h3-5,7-11H2,1-2H3. The van der Waals surface area contributed by atoms with E-state index in [9.17, 15) is 4.79 Å². The van der Waals surface area contributed by atoms with Crippen LogP contribution in [0.25, 0.3) is 0 Å². The highest BCUT2D eigenvalue weighted by Crippen LogP contribution is 1.93. The third-order valence-corrected chi connectivity index (χ3v) is 2.17. The normalized spacial score (nSPS) is 9.94. The van der Waals surface area contributed by atoms with Crippen molar-refractivity contribution in [1.29, 1.82) is 5.26 Å². The summed E-state index contributed by atoms with van der Waals surface area (Å²) in [5.41, 5.74) is 0. The predicted molar refractivity (Wildman–Crippen MR) is 64.4 cm³/mol. The van der Waals surface area contributed by atoms with Crippen molar-refractivity contribution < 1.29 is 14.3 Å². The third-order valence-electron chi connectivity index (χ3n) is 2.17. The first-order valence-corrected chi connectivity index (χ1v) is 5.98. The molecule has 0 aromatic rings. The maximum absolute atomic E-state index is 11.5. The molecular weight excluding hydrogens is 220 g/mol. The Morgan fingerprint density at radius 2 is 1.88 bits per heavy atom. The fourth-order valence-electron chi connectivity index (χ4n) is 1.16. The van der Waals surface area contributed by atoms with Crippen LogP contribution >= 0.6 is 0 Å². The number of carbonyl (C=O) groups is 1. The van der Waals surface area contributed by atoms with Gasteiger partial charge in [0.1, 0.15) is 0 Å². The van der Waals surface area contributed by atoms with Crippen molar-refractivity contribution in [2.75, 3.05) is 40.0 Å². The van der Waals surface area contributed by atoms with Gasteiger partial charge in [-0.3, -0.25) is 4.79 Å². The average Bonchev–Trinajstić information content (AvgIpc) is 2.34. The zero-order valence-electron chi connectivity index (χ0n) is 10.8. The first kappa shape index (κ1) is 15.9. The second kappa shape index (κ2) is 11.4. The van der Waals surface area contributed by atoms with Crippen molar-refractivity contribution in [3.8, 4) is 6.07 Å². The van der Waals surface area contributed by atoms with Crippen molar-refractivity contribution in [3.63, 3.8) is 0 Å². The molecule has 0 atom stereocenters. The van der Waals surface area contributed by atoms with E-state index in [-0.39, 0.29) is 5.91 Å². The van der Waals surface area contributed by atoms with E-state index in [1.807, 2.05) is 6.07 Å². The smallest absolute Gasteiger partial charge is 0.224 e. The van der Waals surface area contributed by atoms with E-state index < -0.39 is 0 Å². The second-order valence-corrected chi connectivity index (χ2v) is 3.70. The lowest BCUT2D eigenvalue weighted by Gasteiger charge is -2.15. The van der Waals surface area contributed by atoms with E-state index in [2.05, 4.69) is 6.92 Å². The molecule has 0 spiro atoms. The maximum atomic E-state index is 11.5. The van der Waals surface area contributed by atoms with Crippen LogP contribution in [-0.2, 0) is 14.3 Å². The third kappa shape index (κ3) is 9.79. The SMILES string of the molecule is CCCOCCOCCC(=O)N(C)CCC#N. The molecular formula is C12H22N2O3. The van der Waals surface area contributed by atoms with Crippen LogP contribution in [0.4, 0.5) is 0 Å². The topological polar surface area (TPSA) is 62.6 Å². The van der Waals surface area contributed by atoms with Gasteiger partial charge in [0.25, 0.3) is 0 Å². The number of carbonyl (C=O) groups excluding carboxylic acids is 1. The molecule has 0 fully saturated rings. The zero-order valence-corrected chi connectivity index (χ0v) is 10.8. The molecule has 0 aliphatic rings. The van der Waals surface area contributed by atoms with Crippen molar-refractivity contribution in [2.24, 2.45) is 0 Å². The van der Waals surface area contributed by atoms with E-state index in [1.54, 1.807) is 11.9 Å². The van der Waals surface area contributed by atoms with Gasteiger partial charge in [0.05, 0.1) is 38.7 Å². The number of hydrogen-bond donors (Lipinski definition) is 0. The van der Waals surface area contributed by atoms with Gasteiger partial charge < -0.3 is 14.4 Å². The van der Waals surface area contributed by atoms with Crippen molar-refractivity contribution >= 4 is 5.91 Å². The Kier molecular flexibility index (Phi) is 10.6. The Hall–Kier alpha value is -1.12. The van der Waals surface area contributed by atoms with Crippen LogP contribution in [0, 0.1) is 11.3 Å². The predicted octanol–water partition coefficient (Wildman–Crippen LogP) is 1.19. The highest BCUT2D eigenvalue weighted by molar-refractivity contribution is 5.75. The van der Waals surface area contributed by atoms with E-state index in [1.165, 1.54) is 0 Å². The number of ether oxygens (including phenoxy) is 2. The number of rotatable bonds is 10. The summed E-state index contributed by atoms with van der Waals surface area (Å²) in [6.45, 7) is 4.79. The quantitative estimate of drug-likeness (QED) is 0.540. The van der Waals surface area contributed by atoms with Gasteiger partial charge in [-0.2, -0.15) is 5.26 Å². The van der Waals surface area contributed by atoms with Crippen LogP contribution in [0.15, 0.2) is 0 Å². The van der Waals surface area contributed by atoms with Crippen LogP contribution in [0.1, 0.15) is 26.2 Å². The highest BCUT2D eigenvalue weighted by Gasteiger charge is 2.07. The molecule has 0 unspecified atom stereocenters. The molecule has 5 nitrogen and oxygen atoms in total. The first-order valence-electron chi connectivity index (χ1n) is 5.98. The van der Waals surface area contributed by atoms with Crippen molar-refractivity contribution in [3.05, 3.63) is 0 Å². The minimum absolute atomic E-state index is 0.00901. The van der Waals surface area contributed by atoms with Gasteiger partial charge in [0.15, 0.2) is 0 Å². The molecule has 0 saturated heterocycles. The first-order chi connectivity index (χ1) is 8.22. The van der Waals surface area contributed by atoms with Gasteiger partial charge in [0, 0.05) is 20.2 Å². The van der Waals surface area contributed by atoms with E-state index >= 15 is 0 Å². The fraction of sp³-hybridized carbons (Fsp3) is 0.833. The summed E-state index contributed by atoms with van der Waals surface area (Å²) in [6, 6.07) is 2.01. The molecule has 0 saturated carbocycles.